The standard InChI is InChI=1S/C15H30N2O/c1-5-8-14(4,16)13(18)17-11-9-15(6-2,7-3)10-12-17/h5-12,16H2,1-4H3. The highest BCUT2D eigenvalue weighted by atomic mass is 16.2. The molecule has 1 heterocycles. The molecule has 0 aromatic heterocycles. The maximum absolute atomic E-state index is 12.4. The molecule has 3 nitrogen and oxygen atoms in total. The quantitative estimate of drug-likeness (QED) is 0.820. The Morgan fingerprint density at radius 3 is 2.11 bits per heavy atom. The number of carbonyl (C=O) groups excluding carboxylic acids is 1. The second-order valence-electron chi connectivity index (χ2n) is 6.17. The van der Waals surface area contributed by atoms with E-state index in [1.54, 1.807) is 0 Å². The fourth-order valence-corrected chi connectivity index (χ4v) is 3.13. The van der Waals surface area contributed by atoms with Gasteiger partial charge in [-0.2, -0.15) is 0 Å². The van der Waals surface area contributed by atoms with Gasteiger partial charge in [-0.25, -0.2) is 0 Å². The van der Waals surface area contributed by atoms with Gasteiger partial charge in [-0.3, -0.25) is 4.79 Å². The number of piperidine rings is 1. The first-order valence-electron chi connectivity index (χ1n) is 7.49. The smallest absolute Gasteiger partial charge is 0.242 e. The van der Waals surface area contributed by atoms with E-state index in [1.807, 2.05) is 11.8 Å². The summed E-state index contributed by atoms with van der Waals surface area (Å²) in [5, 5.41) is 0. The van der Waals surface area contributed by atoms with Gasteiger partial charge in [-0.15, -0.1) is 0 Å². The van der Waals surface area contributed by atoms with Gasteiger partial charge in [0.25, 0.3) is 0 Å². The molecule has 3 heteroatoms. The predicted octanol–water partition coefficient (Wildman–Crippen LogP) is 2.93. The van der Waals surface area contributed by atoms with Crippen LogP contribution in [0.2, 0.25) is 0 Å². The Morgan fingerprint density at radius 1 is 1.22 bits per heavy atom. The van der Waals surface area contributed by atoms with Crippen LogP contribution in [0.4, 0.5) is 0 Å². The molecule has 1 aliphatic rings. The normalized spacial score (nSPS) is 22.6. The lowest BCUT2D eigenvalue weighted by Crippen LogP contribution is -2.55. The van der Waals surface area contributed by atoms with Crippen molar-refractivity contribution in [2.45, 2.75) is 71.8 Å². The average molecular weight is 254 g/mol. The molecular weight excluding hydrogens is 224 g/mol. The van der Waals surface area contributed by atoms with Crippen LogP contribution in [0.3, 0.4) is 0 Å². The molecule has 0 bridgehead atoms. The number of rotatable bonds is 5. The minimum Gasteiger partial charge on any atom is -0.341 e. The number of hydrogen-bond acceptors (Lipinski definition) is 2. The topological polar surface area (TPSA) is 46.3 Å². The summed E-state index contributed by atoms with van der Waals surface area (Å²) in [5.41, 5.74) is 5.93. The summed E-state index contributed by atoms with van der Waals surface area (Å²) in [7, 11) is 0. The van der Waals surface area contributed by atoms with Crippen molar-refractivity contribution in [1.82, 2.24) is 4.90 Å². The predicted molar refractivity (Wildman–Crippen MR) is 76.3 cm³/mol. The lowest BCUT2D eigenvalue weighted by atomic mass is 9.74. The van der Waals surface area contributed by atoms with Crippen molar-refractivity contribution in [2.24, 2.45) is 11.1 Å². The summed E-state index contributed by atoms with van der Waals surface area (Å²) in [6, 6.07) is 0. The monoisotopic (exact) mass is 254 g/mol. The summed E-state index contributed by atoms with van der Waals surface area (Å²) in [5.74, 6) is 0.144. The van der Waals surface area contributed by atoms with Crippen LogP contribution in [0.1, 0.15) is 66.2 Å². The molecule has 18 heavy (non-hydrogen) atoms. The molecule has 1 fully saturated rings. The maximum atomic E-state index is 12.4. The van der Waals surface area contributed by atoms with E-state index in [1.165, 1.54) is 12.8 Å². The Bertz CT molecular complexity index is 272. The van der Waals surface area contributed by atoms with Crippen LogP contribution in [0.5, 0.6) is 0 Å². The zero-order valence-corrected chi connectivity index (χ0v) is 12.6. The van der Waals surface area contributed by atoms with E-state index in [0.29, 0.717) is 5.41 Å². The summed E-state index contributed by atoms with van der Waals surface area (Å²) >= 11 is 0. The van der Waals surface area contributed by atoms with Crippen molar-refractivity contribution in [3.63, 3.8) is 0 Å². The molecule has 2 N–H and O–H groups in total. The molecule has 0 aromatic carbocycles. The van der Waals surface area contributed by atoms with Crippen LogP contribution in [0, 0.1) is 5.41 Å². The van der Waals surface area contributed by atoms with Crippen molar-refractivity contribution < 1.29 is 4.79 Å². The van der Waals surface area contributed by atoms with Gasteiger partial charge in [0.1, 0.15) is 0 Å². The van der Waals surface area contributed by atoms with E-state index < -0.39 is 5.54 Å². The summed E-state index contributed by atoms with van der Waals surface area (Å²) < 4.78 is 0. The Morgan fingerprint density at radius 2 is 1.72 bits per heavy atom. The first-order chi connectivity index (χ1) is 8.40. The summed E-state index contributed by atoms with van der Waals surface area (Å²) in [4.78, 5) is 14.4. The molecule has 1 amide bonds. The molecule has 0 radical (unpaired) electrons. The molecule has 1 atom stereocenters. The van der Waals surface area contributed by atoms with Crippen molar-refractivity contribution in [1.29, 1.82) is 0 Å². The van der Waals surface area contributed by atoms with Crippen LogP contribution < -0.4 is 5.73 Å². The van der Waals surface area contributed by atoms with Crippen LogP contribution in [-0.4, -0.2) is 29.4 Å². The van der Waals surface area contributed by atoms with Gasteiger partial charge in [-0.05, 0) is 31.6 Å². The largest absolute Gasteiger partial charge is 0.341 e. The fourth-order valence-electron chi connectivity index (χ4n) is 3.13. The van der Waals surface area contributed by atoms with Crippen molar-refractivity contribution in [2.75, 3.05) is 13.1 Å². The lowest BCUT2D eigenvalue weighted by Gasteiger charge is -2.43. The first kappa shape index (κ1) is 15.5. The van der Waals surface area contributed by atoms with Gasteiger partial charge in [0.05, 0.1) is 5.54 Å². The molecular formula is C15H30N2O. The Hall–Kier alpha value is -0.570. The van der Waals surface area contributed by atoms with Gasteiger partial charge < -0.3 is 10.6 Å². The zero-order valence-electron chi connectivity index (χ0n) is 12.6. The molecule has 1 unspecified atom stereocenters. The molecule has 0 aliphatic carbocycles. The second-order valence-corrected chi connectivity index (χ2v) is 6.17. The number of amides is 1. The number of nitrogens with two attached hydrogens (primary N) is 1. The second kappa shape index (κ2) is 6.05. The third-order valence-corrected chi connectivity index (χ3v) is 4.87. The zero-order chi connectivity index (χ0) is 13.8. The van der Waals surface area contributed by atoms with E-state index in [-0.39, 0.29) is 5.91 Å². The van der Waals surface area contributed by atoms with Gasteiger partial charge >= 0.3 is 0 Å². The Balaban J connectivity index is 2.60. The highest BCUT2D eigenvalue weighted by molar-refractivity contribution is 5.85. The van der Waals surface area contributed by atoms with Gasteiger partial charge in [-0.1, -0.05) is 40.0 Å². The molecule has 0 aromatic rings. The van der Waals surface area contributed by atoms with Gasteiger partial charge in [0, 0.05) is 13.1 Å². The van der Waals surface area contributed by atoms with E-state index in [2.05, 4.69) is 20.8 Å². The Labute approximate surface area is 112 Å². The molecule has 0 spiro atoms. The van der Waals surface area contributed by atoms with E-state index >= 15 is 0 Å². The van der Waals surface area contributed by atoms with E-state index in [0.717, 1.165) is 38.8 Å². The minimum atomic E-state index is -0.673. The lowest BCUT2D eigenvalue weighted by molar-refractivity contribution is -0.139. The summed E-state index contributed by atoms with van der Waals surface area (Å²) in [6.07, 6.45) is 6.44. The number of nitrogens with zero attached hydrogens (tertiary/aromatic N) is 1. The molecule has 1 rings (SSSR count). The molecule has 0 saturated carbocycles. The van der Waals surface area contributed by atoms with Crippen molar-refractivity contribution in [3.05, 3.63) is 0 Å². The third kappa shape index (κ3) is 3.25. The minimum absolute atomic E-state index is 0.144. The van der Waals surface area contributed by atoms with Crippen molar-refractivity contribution >= 4 is 5.91 Å². The third-order valence-electron chi connectivity index (χ3n) is 4.87. The van der Waals surface area contributed by atoms with Crippen LogP contribution in [0.25, 0.3) is 0 Å². The number of likely N-dealkylation sites (tertiary alicyclic amines) is 1. The van der Waals surface area contributed by atoms with Crippen LogP contribution >= 0.6 is 0 Å². The van der Waals surface area contributed by atoms with Crippen molar-refractivity contribution in [3.8, 4) is 0 Å². The molecule has 1 aliphatic heterocycles. The van der Waals surface area contributed by atoms with Gasteiger partial charge in [0.15, 0.2) is 0 Å². The first-order valence-corrected chi connectivity index (χ1v) is 7.49. The highest BCUT2D eigenvalue weighted by Gasteiger charge is 2.37. The maximum Gasteiger partial charge on any atom is 0.242 e. The molecule has 106 valence electrons. The van der Waals surface area contributed by atoms with E-state index in [9.17, 15) is 4.79 Å². The van der Waals surface area contributed by atoms with Crippen LogP contribution in [-0.2, 0) is 4.79 Å². The Kier molecular flexibility index (Phi) is 5.20. The molecule has 1 saturated heterocycles. The van der Waals surface area contributed by atoms with Gasteiger partial charge in [0.2, 0.25) is 5.91 Å². The number of carbonyl (C=O) groups is 1. The summed E-state index contributed by atoms with van der Waals surface area (Å²) in [6.45, 7) is 10.3. The highest BCUT2D eigenvalue weighted by Crippen LogP contribution is 2.38. The fraction of sp³-hybridized carbons (Fsp3) is 0.933. The number of hydrogen-bond donors (Lipinski definition) is 1. The van der Waals surface area contributed by atoms with Crippen LogP contribution in [0.15, 0.2) is 0 Å². The SMILES string of the molecule is CCCC(C)(N)C(=O)N1CCC(CC)(CC)CC1. The average Bonchev–Trinajstić information content (AvgIpc) is 2.38. The van der Waals surface area contributed by atoms with E-state index in [4.69, 9.17) is 5.73 Å².